The van der Waals surface area contributed by atoms with Crippen molar-refractivity contribution in [3.63, 3.8) is 0 Å². The summed E-state index contributed by atoms with van der Waals surface area (Å²) in [6, 6.07) is 7.94. The molecule has 1 aromatic rings. The minimum atomic E-state index is 0.332. The number of nitrogens with one attached hydrogen (secondary N) is 1. The molecule has 0 heterocycles. The summed E-state index contributed by atoms with van der Waals surface area (Å²) in [7, 11) is 0. The fraction of sp³-hybridized carbons (Fsp3) is 0.600. The van der Waals surface area contributed by atoms with Gasteiger partial charge in [-0.05, 0) is 42.7 Å². The lowest BCUT2D eigenvalue weighted by atomic mass is 9.70. The highest BCUT2D eigenvalue weighted by atomic mass is 16.3. The molecular formula is C15H23NO. The molecule has 17 heavy (non-hydrogen) atoms. The maximum atomic E-state index is 9.45. The van der Waals surface area contributed by atoms with Crippen molar-refractivity contribution in [1.82, 2.24) is 0 Å². The van der Waals surface area contributed by atoms with Crippen molar-refractivity contribution in [1.29, 1.82) is 0 Å². The Kier molecular flexibility index (Phi) is 3.32. The van der Waals surface area contributed by atoms with Crippen LogP contribution in [-0.4, -0.2) is 11.1 Å². The van der Waals surface area contributed by atoms with Gasteiger partial charge in [0.2, 0.25) is 0 Å². The van der Waals surface area contributed by atoms with Gasteiger partial charge in [0.1, 0.15) is 5.75 Å². The third kappa shape index (κ3) is 3.15. The number of rotatable bonds is 2. The average molecular weight is 233 g/mol. The second-order valence-electron chi connectivity index (χ2n) is 6.19. The molecular weight excluding hydrogens is 210 g/mol. The van der Waals surface area contributed by atoms with E-state index in [1.165, 1.54) is 19.3 Å². The van der Waals surface area contributed by atoms with Crippen LogP contribution in [0.15, 0.2) is 24.3 Å². The number of hydrogen-bond donors (Lipinski definition) is 2. The Morgan fingerprint density at radius 2 is 2.12 bits per heavy atom. The molecule has 1 saturated carbocycles. The Morgan fingerprint density at radius 3 is 2.76 bits per heavy atom. The molecule has 2 nitrogen and oxygen atoms in total. The van der Waals surface area contributed by atoms with Gasteiger partial charge in [0.05, 0.1) is 0 Å². The molecule has 0 amide bonds. The second kappa shape index (κ2) is 4.59. The van der Waals surface area contributed by atoms with Crippen molar-refractivity contribution in [2.45, 2.75) is 46.1 Å². The Balaban J connectivity index is 2.00. The average Bonchev–Trinajstić information content (AvgIpc) is 2.22. The van der Waals surface area contributed by atoms with Gasteiger partial charge in [-0.15, -0.1) is 0 Å². The Labute approximate surface area is 104 Å². The zero-order valence-electron chi connectivity index (χ0n) is 11.0. The maximum Gasteiger partial charge on any atom is 0.117 e. The molecule has 0 aromatic heterocycles. The van der Waals surface area contributed by atoms with Crippen molar-refractivity contribution in [2.75, 3.05) is 5.32 Å². The van der Waals surface area contributed by atoms with Gasteiger partial charge in [-0.1, -0.05) is 26.8 Å². The number of aromatic hydroxyl groups is 1. The number of benzene rings is 1. The minimum absolute atomic E-state index is 0.332. The molecule has 0 aliphatic heterocycles. The van der Waals surface area contributed by atoms with Crippen molar-refractivity contribution in [3.8, 4) is 5.75 Å². The molecule has 1 aliphatic carbocycles. The van der Waals surface area contributed by atoms with Crippen LogP contribution in [0.4, 0.5) is 5.69 Å². The fourth-order valence-corrected chi connectivity index (χ4v) is 2.97. The van der Waals surface area contributed by atoms with E-state index in [0.717, 1.165) is 5.69 Å². The molecule has 2 atom stereocenters. The van der Waals surface area contributed by atoms with E-state index in [1.807, 2.05) is 12.1 Å². The molecule has 2 N–H and O–H groups in total. The predicted molar refractivity (Wildman–Crippen MR) is 72.3 cm³/mol. The zero-order chi connectivity index (χ0) is 12.5. The maximum absolute atomic E-state index is 9.45. The topological polar surface area (TPSA) is 32.3 Å². The van der Waals surface area contributed by atoms with E-state index >= 15 is 0 Å². The van der Waals surface area contributed by atoms with Gasteiger partial charge < -0.3 is 10.4 Å². The first-order valence-corrected chi connectivity index (χ1v) is 6.52. The van der Waals surface area contributed by atoms with E-state index in [4.69, 9.17) is 0 Å². The highest BCUT2D eigenvalue weighted by Gasteiger charge is 2.32. The first kappa shape index (κ1) is 12.3. The van der Waals surface area contributed by atoms with Crippen LogP contribution in [0.3, 0.4) is 0 Å². The third-order valence-corrected chi connectivity index (χ3v) is 3.89. The molecule has 0 spiro atoms. The lowest BCUT2D eigenvalue weighted by molar-refractivity contribution is 0.177. The van der Waals surface area contributed by atoms with E-state index in [0.29, 0.717) is 23.1 Å². The molecule has 1 fully saturated rings. The van der Waals surface area contributed by atoms with Crippen LogP contribution in [0.1, 0.15) is 40.0 Å². The van der Waals surface area contributed by atoms with Gasteiger partial charge in [0, 0.05) is 17.8 Å². The Hall–Kier alpha value is -1.18. The van der Waals surface area contributed by atoms with Crippen LogP contribution >= 0.6 is 0 Å². The summed E-state index contributed by atoms with van der Waals surface area (Å²) in [5.41, 5.74) is 1.51. The molecule has 1 aromatic carbocycles. The van der Waals surface area contributed by atoms with Gasteiger partial charge >= 0.3 is 0 Å². The Morgan fingerprint density at radius 1 is 1.35 bits per heavy atom. The first-order chi connectivity index (χ1) is 7.96. The van der Waals surface area contributed by atoms with Crippen LogP contribution in [-0.2, 0) is 0 Å². The zero-order valence-corrected chi connectivity index (χ0v) is 11.0. The van der Waals surface area contributed by atoms with E-state index in [2.05, 4.69) is 26.1 Å². The van der Waals surface area contributed by atoms with Crippen molar-refractivity contribution in [2.24, 2.45) is 11.3 Å². The summed E-state index contributed by atoms with van der Waals surface area (Å²) in [6.07, 6.45) is 3.75. The fourth-order valence-electron chi connectivity index (χ4n) is 2.97. The first-order valence-electron chi connectivity index (χ1n) is 6.52. The van der Waals surface area contributed by atoms with Crippen LogP contribution < -0.4 is 5.32 Å². The normalized spacial score (nSPS) is 27.7. The van der Waals surface area contributed by atoms with Crippen LogP contribution in [0, 0.1) is 11.3 Å². The van der Waals surface area contributed by atoms with Crippen molar-refractivity contribution in [3.05, 3.63) is 24.3 Å². The van der Waals surface area contributed by atoms with Crippen LogP contribution in [0.2, 0.25) is 0 Å². The largest absolute Gasteiger partial charge is 0.508 e. The quantitative estimate of drug-likeness (QED) is 0.808. The molecule has 0 bridgehead atoms. The lowest BCUT2D eigenvalue weighted by Gasteiger charge is -2.40. The SMILES string of the molecule is CC1CC(C)(C)CCC1Nc1cccc(O)c1. The van der Waals surface area contributed by atoms with E-state index < -0.39 is 0 Å². The van der Waals surface area contributed by atoms with E-state index in [9.17, 15) is 5.11 Å². The number of hydrogen-bond acceptors (Lipinski definition) is 2. The van der Waals surface area contributed by atoms with Crippen molar-refractivity contribution >= 4 is 5.69 Å². The van der Waals surface area contributed by atoms with Gasteiger partial charge in [-0.25, -0.2) is 0 Å². The highest BCUT2D eigenvalue weighted by molar-refractivity contribution is 5.48. The molecule has 1 aliphatic rings. The van der Waals surface area contributed by atoms with E-state index in [1.54, 1.807) is 12.1 Å². The standard InChI is InChI=1S/C15H23NO/c1-11-10-15(2,3)8-7-14(11)16-12-5-4-6-13(17)9-12/h4-6,9,11,14,16-17H,7-8,10H2,1-3H3. The molecule has 94 valence electrons. The molecule has 0 radical (unpaired) electrons. The monoisotopic (exact) mass is 233 g/mol. The van der Waals surface area contributed by atoms with Gasteiger partial charge in [-0.2, -0.15) is 0 Å². The second-order valence-corrected chi connectivity index (χ2v) is 6.19. The summed E-state index contributed by atoms with van der Waals surface area (Å²) in [5, 5.41) is 13.0. The third-order valence-electron chi connectivity index (χ3n) is 3.89. The summed E-state index contributed by atoms with van der Waals surface area (Å²) in [5.74, 6) is 1.01. The highest BCUT2D eigenvalue weighted by Crippen LogP contribution is 2.39. The molecule has 0 saturated heterocycles. The summed E-state index contributed by atoms with van der Waals surface area (Å²) in [6.45, 7) is 7.03. The van der Waals surface area contributed by atoms with Gasteiger partial charge in [-0.3, -0.25) is 0 Å². The molecule has 2 unspecified atom stereocenters. The summed E-state index contributed by atoms with van der Waals surface area (Å²) in [4.78, 5) is 0. The van der Waals surface area contributed by atoms with Crippen LogP contribution in [0.25, 0.3) is 0 Å². The van der Waals surface area contributed by atoms with Gasteiger partial charge in [0.25, 0.3) is 0 Å². The minimum Gasteiger partial charge on any atom is -0.508 e. The summed E-state index contributed by atoms with van der Waals surface area (Å²) < 4.78 is 0. The van der Waals surface area contributed by atoms with Crippen LogP contribution in [0.5, 0.6) is 5.75 Å². The van der Waals surface area contributed by atoms with Gasteiger partial charge in [0.15, 0.2) is 0 Å². The molecule has 2 heteroatoms. The molecule has 2 rings (SSSR count). The lowest BCUT2D eigenvalue weighted by Crippen LogP contribution is -2.36. The smallest absolute Gasteiger partial charge is 0.117 e. The number of anilines is 1. The predicted octanol–water partition coefficient (Wildman–Crippen LogP) is 4.02. The van der Waals surface area contributed by atoms with Crippen molar-refractivity contribution < 1.29 is 5.11 Å². The van der Waals surface area contributed by atoms with E-state index in [-0.39, 0.29) is 0 Å². The number of phenols is 1. The Bertz CT molecular complexity index is 386. The number of phenolic OH excluding ortho intramolecular Hbond substituents is 1. The summed E-state index contributed by atoms with van der Waals surface area (Å²) >= 11 is 0.